The molecule has 0 aliphatic carbocycles. The van der Waals surface area contributed by atoms with Crippen LogP contribution in [0.3, 0.4) is 0 Å². The molecule has 0 aromatic carbocycles. The third-order valence-electron chi connectivity index (χ3n) is 10.9. The molecule has 380 valence electrons. The molecule has 6 N–H and O–H groups in total. The molecule has 0 radical (unpaired) electrons. The topological polar surface area (TPSA) is 149 Å². The fraction of sp³-hybridized carbons (Fsp3) is 0.542. The summed E-state index contributed by atoms with van der Waals surface area (Å²) in [7, 11) is 0. The Morgan fingerprint density at radius 2 is 0.912 bits per heavy atom. The maximum Gasteiger partial charge on any atom is 0.220 e. The molecular weight excluding hydrogens is 851 g/mol. The molecule has 1 aliphatic heterocycles. The van der Waals surface area contributed by atoms with Crippen LogP contribution in [0, 0.1) is 0 Å². The van der Waals surface area contributed by atoms with Crippen LogP contribution in [0.25, 0.3) is 0 Å². The van der Waals surface area contributed by atoms with Gasteiger partial charge in [0.25, 0.3) is 0 Å². The second kappa shape index (κ2) is 46.5. The smallest absolute Gasteiger partial charge is 0.220 e. The molecule has 1 aliphatic rings. The minimum absolute atomic E-state index is 0.213. The Morgan fingerprint density at radius 1 is 0.515 bits per heavy atom. The molecule has 9 nitrogen and oxygen atoms in total. The van der Waals surface area contributed by atoms with Gasteiger partial charge in [0, 0.05) is 6.42 Å². The Hall–Kier alpha value is -4.19. The van der Waals surface area contributed by atoms with E-state index in [0.29, 0.717) is 12.8 Å². The van der Waals surface area contributed by atoms with Gasteiger partial charge in [0.15, 0.2) is 6.29 Å². The zero-order valence-corrected chi connectivity index (χ0v) is 41.8. The van der Waals surface area contributed by atoms with Gasteiger partial charge in [-0.25, -0.2) is 0 Å². The number of nitrogens with one attached hydrogen (secondary N) is 1. The number of carbonyl (C=O) groups is 1. The van der Waals surface area contributed by atoms with Crippen LogP contribution in [0.1, 0.15) is 149 Å². The molecule has 9 heteroatoms. The number of allylic oxidation sites excluding steroid dienone is 25. The molecule has 0 saturated carbocycles. The first-order chi connectivity index (χ1) is 33.3. The van der Waals surface area contributed by atoms with Crippen LogP contribution in [0.15, 0.2) is 158 Å². The van der Waals surface area contributed by atoms with Gasteiger partial charge in [-0.3, -0.25) is 4.79 Å². The lowest BCUT2D eigenvalue weighted by molar-refractivity contribution is -0.302. The molecule has 1 saturated heterocycles. The first-order valence-electron chi connectivity index (χ1n) is 25.7. The van der Waals surface area contributed by atoms with E-state index in [2.05, 4.69) is 165 Å². The monoisotopic (exact) mass is 942 g/mol. The van der Waals surface area contributed by atoms with Gasteiger partial charge < -0.3 is 40.3 Å². The molecule has 7 unspecified atom stereocenters. The van der Waals surface area contributed by atoms with Crippen molar-refractivity contribution in [3.05, 3.63) is 158 Å². The number of hydrogen-bond donors (Lipinski definition) is 6. The number of ether oxygens (including phenoxy) is 2. The summed E-state index contributed by atoms with van der Waals surface area (Å²) in [6.45, 7) is 3.45. The third kappa shape index (κ3) is 35.9. The molecule has 0 bridgehead atoms. The van der Waals surface area contributed by atoms with Crippen molar-refractivity contribution >= 4 is 5.91 Å². The van der Waals surface area contributed by atoms with Gasteiger partial charge in [0.1, 0.15) is 24.4 Å². The van der Waals surface area contributed by atoms with Gasteiger partial charge in [-0.1, -0.05) is 198 Å². The summed E-state index contributed by atoms with van der Waals surface area (Å²) in [5.41, 5.74) is 0. The lowest BCUT2D eigenvalue weighted by Crippen LogP contribution is -2.60. The van der Waals surface area contributed by atoms with E-state index in [4.69, 9.17) is 9.47 Å². The van der Waals surface area contributed by atoms with Gasteiger partial charge in [-0.15, -0.1) is 0 Å². The number of amides is 1. The molecular formula is C59H91NO8. The largest absolute Gasteiger partial charge is 0.394 e. The molecule has 0 aromatic heterocycles. The molecule has 0 spiro atoms. The average Bonchev–Trinajstić information content (AvgIpc) is 3.34. The number of hydrogen-bond acceptors (Lipinski definition) is 8. The first-order valence-corrected chi connectivity index (χ1v) is 25.7. The predicted molar refractivity (Wildman–Crippen MR) is 285 cm³/mol. The molecule has 68 heavy (non-hydrogen) atoms. The molecule has 0 aromatic rings. The zero-order chi connectivity index (χ0) is 49.4. The maximum atomic E-state index is 12.8. The minimum Gasteiger partial charge on any atom is -0.394 e. The number of aliphatic hydroxyl groups is 5. The molecule has 1 rings (SSSR count). The van der Waals surface area contributed by atoms with Crippen LogP contribution in [0.5, 0.6) is 0 Å². The Morgan fingerprint density at radius 3 is 1.32 bits per heavy atom. The van der Waals surface area contributed by atoms with Crippen molar-refractivity contribution in [3.63, 3.8) is 0 Å². The quantitative estimate of drug-likeness (QED) is 0.0263. The standard InChI is InChI=1S/C59H91NO8/c1-3-5-7-9-10-11-12-13-14-15-16-17-18-19-20-21-22-23-24-25-26-27-28-29-30-31-32-33-34-35-36-37-38-39-40-41-42-43-44-45-47-49-55(63)60-52(53(62)48-46-8-6-4-2)51-67-59-58(66)57(65)56(64)54(50-61)68-59/h5,7,10-11,13-14,16-17,19-20,22-23,25-26,28-29,31-32,34-35,37-38,40-41,46,48,52-54,56-59,61-62,64-66H,3-4,6,8-9,12,15,18,21,24,27,30,33,36,39,42-45,47,49-51H2,1-2H3,(H,60,63)/b7-5-,11-10-,14-13-,17-16-,20-19-,23-22-,26-25-,29-28-,32-31-,35-34-,38-37-,41-40-,48-46+. The Balaban J connectivity index is 2.10. The van der Waals surface area contributed by atoms with E-state index in [1.54, 1.807) is 6.08 Å². The molecule has 7 atom stereocenters. The Labute approximate surface area is 412 Å². The van der Waals surface area contributed by atoms with Gasteiger partial charge in [-0.2, -0.15) is 0 Å². The van der Waals surface area contributed by atoms with E-state index in [9.17, 15) is 30.3 Å². The highest BCUT2D eigenvalue weighted by Gasteiger charge is 2.44. The number of aliphatic hydroxyl groups excluding tert-OH is 5. The van der Waals surface area contributed by atoms with E-state index in [-0.39, 0.29) is 12.5 Å². The van der Waals surface area contributed by atoms with Crippen molar-refractivity contribution in [2.24, 2.45) is 0 Å². The van der Waals surface area contributed by atoms with Crippen molar-refractivity contribution < 1.29 is 39.8 Å². The SMILES string of the molecule is CC/C=C\C/C=C\C/C=C\C/C=C\C/C=C\C/C=C\C/C=C\C/C=C\C/C=C\C/C=C\C/C=C\C/C=C\CCCCCCC(=O)NC(COC1OC(CO)C(O)C(O)C1O)C(O)/C=C/CCCC. The molecule has 1 heterocycles. The number of carbonyl (C=O) groups excluding carboxylic acids is 1. The third-order valence-corrected chi connectivity index (χ3v) is 10.9. The normalized spacial score (nSPS) is 21.0. The lowest BCUT2D eigenvalue weighted by atomic mass is 9.99. The van der Waals surface area contributed by atoms with E-state index < -0.39 is 49.5 Å². The van der Waals surface area contributed by atoms with Gasteiger partial charge in [0.2, 0.25) is 5.91 Å². The van der Waals surface area contributed by atoms with Crippen molar-refractivity contribution in [1.82, 2.24) is 5.32 Å². The fourth-order valence-electron chi connectivity index (χ4n) is 6.77. The van der Waals surface area contributed by atoms with Gasteiger partial charge >= 0.3 is 0 Å². The Bertz CT molecular complexity index is 1610. The highest BCUT2D eigenvalue weighted by Crippen LogP contribution is 2.22. The first kappa shape index (κ1) is 61.8. The summed E-state index contributed by atoms with van der Waals surface area (Å²) < 4.78 is 11.1. The van der Waals surface area contributed by atoms with Gasteiger partial charge in [-0.05, 0) is 103 Å². The fourth-order valence-corrected chi connectivity index (χ4v) is 6.77. The van der Waals surface area contributed by atoms with Crippen LogP contribution in [0.2, 0.25) is 0 Å². The number of unbranched alkanes of at least 4 members (excludes halogenated alkanes) is 6. The lowest BCUT2D eigenvalue weighted by Gasteiger charge is -2.40. The summed E-state index contributed by atoms with van der Waals surface area (Å²) in [4.78, 5) is 12.8. The summed E-state index contributed by atoms with van der Waals surface area (Å²) in [5.74, 6) is -0.220. The second-order valence-corrected chi connectivity index (χ2v) is 16.9. The molecule has 1 fully saturated rings. The highest BCUT2D eigenvalue weighted by molar-refractivity contribution is 5.76. The summed E-state index contributed by atoms with van der Waals surface area (Å²) in [6.07, 6.45) is 68.1. The second-order valence-electron chi connectivity index (χ2n) is 16.9. The average molecular weight is 942 g/mol. The van der Waals surface area contributed by atoms with Crippen molar-refractivity contribution in [2.75, 3.05) is 13.2 Å². The predicted octanol–water partition coefficient (Wildman–Crippen LogP) is 12.1. The summed E-state index contributed by atoms with van der Waals surface area (Å²) >= 11 is 0. The van der Waals surface area contributed by atoms with E-state index in [1.807, 2.05) is 6.08 Å². The van der Waals surface area contributed by atoms with Crippen LogP contribution >= 0.6 is 0 Å². The van der Waals surface area contributed by atoms with Crippen LogP contribution in [-0.4, -0.2) is 87.5 Å². The van der Waals surface area contributed by atoms with E-state index in [1.165, 1.54) is 0 Å². The van der Waals surface area contributed by atoms with Crippen LogP contribution < -0.4 is 5.32 Å². The van der Waals surface area contributed by atoms with Crippen LogP contribution in [0.4, 0.5) is 0 Å². The van der Waals surface area contributed by atoms with Crippen molar-refractivity contribution in [2.45, 2.75) is 192 Å². The van der Waals surface area contributed by atoms with Crippen molar-refractivity contribution in [1.29, 1.82) is 0 Å². The zero-order valence-electron chi connectivity index (χ0n) is 41.8. The maximum absolute atomic E-state index is 12.8. The highest BCUT2D eigenvalue weighted by atomic mass is 16.7. The minimum atomic E-state index is -1.58. The van der Waals surface area contributed by atoms with Crippen LogP contribution in [-0.2, 0) is 14.3 Å². The van der Waals surface area contributed by atoms with Gasteiger partial charge in [0.05, 0.1) is 25.4 Å². The summed E-state index contributed by atoms with van der Waals surface area (Å²) in [6, 6.07) is -0.825. The van der Waals surface area contributed by atoms with E-state index in [0.717, 1.165) is 122 Å². The summed E-state index contributed by atoms with van der Waals surface area (Å²) in [5, 5.41) is 53.6. The number of rotatable bonds is 40. The molecule has 1 amide bonds. The Kier molecular flexibility index (Phi) is 42.3. The van der Waals surface area contributed by atoms with Crippen molar-refractivity contribution in [3.8, 4) is 0 Å². The van der Waals surface area contributed by atoms with E-state index >= 15 is 0 Å².